The molecule has 2 aromatic heterocycles. The van der Waals surface area contributed by atoms with Crippen LogP contribution in [-0.4, -0.2) is 9.97 Å². The van der Waals surface area contributed by atoms with E-state index in [-0.39, 0.29) is 11.7 Å². The van der Waals surface area contributed by atoms with Crippen molar-refractivity contribution in [2.24, 2.45) is 0 Å². The SMILES string of the molecule is Fc1ccc(Br)c(C(c2ccc[nH]2)c2ccc[nH]2)c1Br. The Labute approximate surface area is 132 Å². The maximum atomic E-state index is 13.9. The summed E-state index contributed by atoms with van der Waals surface area (Å²) in [7, 11) is 0. The highest BCUT2D eigenvalue weighted by Gasteiger charge is 2.24. The largest absolute Gasteiger partial charge is 0.364 e. The summed E-state index contributed by atoms with van der Waals surface area (Å²) in [6.07, 6.45) is 3.73. The van der Waals surface area contributed by atoms with Crippen LogP contribution in [0.15, 0.2) is 57.7 Å². The lowest BCUT2D eigenvalue weighted by molar-refractivity contribution is 0.616. The van der Waals surface area contributed by atoms with Crippen LogP contribution in [0.1, 0.15) is 22.9 Å². The Bertz CT molecular complexity index is 672. The van der Waals surface area contributed by atoms with Crippen molar-refractivity contribution >= 4 is 31.9 Å². The van der Waals surface area contributed by atoms with E-state index in [1.165, 1.54) is 6.07 Å². The number of hydrogen-bond donors (Lipinski definition) is 2. The smallest absolute Gasteiger partial charge is 0.137 e. The molecule has 0 radical (unpaired) electrons. The molecule has 0 saturated heterocycles. The van der Waals surface area contributed by atoms with Gasteiger partial charge in [-0.05, 0) is 57.9 Å². The van der Waals surface area contributed by atoms with Crippen molar-refractivity contribution in [3.63, 3.8) is 0 Å². The monoisotopic (exact) mass is 396 g/mol. The van der Waals surface area contributed by atoms with Crippen LogP contribution in [0.5, 0.6) is 0 Å². The second-order valence-electron chi connectivity index (χ2n) is 4.44. The summed E-state index contributed by atoms with van der Waals surface area (Å²) in [5.74, 6) is -0.370. The fraction of sp³-hybridized carbons (Fsp3) is 0.0667. The average Bonchev–Trinajstić information content (AvgIpc) is 3.12. The molecule has 0 spiro atoms. The molecule has 5 heteroatoms. The summed E-state index contributed by atoms with van der Waals surface area (Å²) in [6, 6.07) is 11.0. The van der Waals surface area contributed by atoms with Crippen molar-refractivity contribution in [2.75, 3.05) is 0 Å². The van der Waals surface area contributed by atoms with Crippen LogP contribution in [-0.2, 0) is 0 Å². The predicted octanol–water partition coefficient (Wildman–Crippen LogP) is 5.19. The zero-order chi connectivity index (χ0) is 14.1. The second-order valence-corrected chi connectivity index (χ2v) is 6.09. The Morgan fingerprint density at radius 2 is 1.50 bits per heavy atom. The fourth-order valence-corrected chi connectivity index (χ4v) is 3.73. The molecule has 0 bridgehead atoms. The van der Waals surface area contributed by atoms with Crippen LogP contribution in [0.4, 0.5) is 4.39 Å². The summed E-state index contributed by atoms with van der Waals surface area (Å²) in [4.78, 5) is 6.43. The summed E-state index contributed by atoms with van der Waals surface area (Å²) >= 11 is 6.90. The summed E-state index contributed by atoms with van der Waals surface area (Å²) in [6.45, 7) is 0. The first-order valence-corrected chi connectivity index (χ1v) is 7.67. The van der Waals surface area contributed by atoms with Gasteiger partial charge in [0.1, 0.15) is 5.82 Å². The van der Waals surface area contributed by atoms with E-state index in [4.69, 9.17) is 0 Å². The molecule has 3 aromatic rings. The molecule has 2 heterocycles. The number of nitrogens with one attached hydrogen (secondary N) is 2. The second kappa shape index (κ2) is 5.58. The van der Waals surface area contributed by atoms with E-state index >= 15 is 0 Å². The van der Waals surface area contributed by atoms with Crippen molar-refractivity contribution in [2.45, 2.75) is 5.92 Å². The van der Waals surface area contributed by atoms with Crippen molar-refractivity contribution in [1.29, 1.82) is 0 Å². The highest BCUT2D eigenvalue weighted by Crippen LogP contribution is 2.40. The van der Waals surface area contributed by atoms with Gasteiger partial charge in [0.2, 0.25) is 0 Å². The predicted molar refractivity (Wildman–Crippen MR) is 84.3 cm³/mol. The minimum atomic E-state index is -0.272. The van der Waals surface area contributed by atoms with Crippen molar-refractivity contribution in [3.05, 3.63) is 80.5 Å². The van der Waals surface area contributed by atoms with E-state index in [1.807, 2.05) is 36.7 Å². The molecule has 0 aliphatic heterocycles. The molecule has 0 aliphatic rings. The average molecular weight is 398 g/mol. The third kappa shape index (κ3) is 2.36. The highest BCUT2D eigenvalue weighted by molar-refractivity contribution is 9.11. The van der Waals surface area contributed by atoms with Crippen LogP contribution >= 0.6 is 31.9 Å². The Hall–Kier alpha value is -1.33. The lowest BCUT2D eigenvalue weighted by atomic mass is 9.92. The van der Waals surface area contributed by atoms with Crippen molar-refractivity contribution < 1.29 is 4.39 Å². The molecule has 1 aromatic carbocycles. The lowest BCUT2D eigenvalue weighted by Crippen LogP contribution is -2.07. The molecule has 0 saturated carbocycles. The van der Waals surface area contributed by atoms with Gasteiger partial charge >= 0.3 is 0 Å². The topological polar surface area (TPSA) is 31.6 Å². The molecule has 3 rings (SSSR count). The van der Waals surface area contributed by atoms with Gasteiger partial charge in [-0.2, -0.15) is 0 Å². The Morgan fingerprint density at radius 3 is 2.00 bits per heavy atom. The number of H-pyrrole nitrogens is 2. The molecule has 2 nitrogen and oxygen atoms in total. The number of rotatable bonds is 3. The molecule has 0 aliphatic carbocycles. The Balaban J connectivity index is 2.24. The van der Waals surface area contributed by atoms with Gasteiger partial charge < -0.3 is 9.97 Å². The standard InChI is InChI=1S/C15H11Br2FN2/c16-9-5-6-10(18)15(17)13(9)14(11-3-1-7-19-11)12-4-2-8-20-12/h1-8,14,19-20H. The first-order valence-electron chi connectivity index (χ1n) is 6.08. The van der Waals surface area contributed by atoms with Crippen LogP contribution in [0.3, 0.4) is 0 Å². The third-order valence-electron chi connectivity index (χ3n) is 3.23. The van der Waals surface area contributed by atoms with Gasteiger partial charge in [-0.3, -0.25) is 0 Å². The first-order chi connectivity index (χ1) is 9.68. The number of benzene rings is 1. The van der Waals surface area contributed by atoms with Crippen molar-refractivity contribution in [1.82, 2.24) is 9.97 Å². The van der Waals surface area contributed by atoms with E-state index in [2.05, 4.69) is 41.8 Å². The fourth-order valence-electron chi connectivity index (χ4n) is 2.33. The molecular formula is C15H11Br2FN2. The third-order valence-corrected chi connectivity index (χ3v) is 4.73. The van der Waals surface area contributed by atoms with Crippen LogP contribution in [0.2, 0.25) is 0 Å². The van der Waals surface area contributed by atoms with Gasteiger partial charge in [-0.15, -0.1) is 0 Å². The quantitative estimate of drug-likeness (QED) is 0.570. The van der Waals surface area contributed by atoms with E-state index in [0.29, 0.717) is 4.47 Å². The van der Waals surface area contributed by atoms with Gasteiger partial charge in [-0.1, -0.05) is 15.9 Å². The maximum Gasteiger partial charge on any atom is 0.137 e. The first kappa shape index (κ1) is 13.6. The van der Waals surface area contributed by atoms with Crippen molar-refractivity contribution in [3.8, 4) is 0 Å². The van der Waals surface area contributed by atoms with Gasteiger partial charge in [0.05, 0.1) is 10.4 Å². The number of aromatic nitrogens is 2. The summed E-state index contributed by atoms with van der Waals surface area (Å²) in [5.41, 5.74) is 2.86. The van der Waals surface area contributed by atoms with E-state index in [1.54, 1.807) is 6.07 Å². The van der Waals surface area contributed by atoms with Gasteiger partial charge in [-0.25, -0.2) is 4.39 Å². The van der Waals surface area contributed by atoms with Gasteiger partial charge in [0, 0.05) is 28.3 Å². The normalized spacial score (nSPS) is 11.2. The molecule has 102 valence electrons. The summed E-state index contributed by atoms with van der Waals surface area (Å²) < 4.78 is 15.2. The van der Waals surface area contributed by atoms with Crippen LogP contribution in [0, 0.1) is 5.82 Å². The minimum Gasteiger partial charge on any atom is -0.364 e. The highest BCUT2D eigenvalue weighted by atomic mass is 79.9. The van der Waals surface area contributed by atoms with Crippen LogP contribution in [0.25, 0.3) is 0 Å². The van der Waals surface area contributed by atoms with E-state index < -0.39 is 0 Å². The molecule has 2 N–H and O–H groups in total. The summed E-state index contributed by atoms with van der Waals surface area (Å²) in [5, 5.41) is 0. The van der Waals surface area contributed by atoms with Crippen LogP contribution < -0.4 is 0 Å². The Morgan fingerprint density at radius 1 is 0.900 bits per heavy atom. The van der Waals surface area contributed by atoms with E-state index in [9.17, 15) is 4.39 Å². The van der Waals surface area contributed by atoms with Gasteiger partial charge in [0.15, 0.2) is 0 Å². The minimum absolute atomic E-state index is 0.0977. The molecule has 0 amide bonds. The zero-order valence-corrected chi connectivity index (χ0v) is 13.5. The van der Waals surface area contributed by atoms with Gasteiger partial charge in [0.25, 0.3) is 0 Å². The zero-order valence-electron chi connectivity index (χ0n) is 10.3. The number of hydrogen-bond acceptors (Lipinski definition) is 0. The molecule has 20 heavy (non-hydrogen) atoms. The molecule has 0 fully saturated rings. The molecule has 0 atom stereocenters. The number of aromatic amines is 2. The van der Waals surface area contributed by atoms with E-state index in [0.717, 1.165) is 21.4 Å². The molecule has 0 unspecified atom stereocenters. The maximum absolute atomic E-state index is 13.9. The number of halogens is 3. The Kier molecular flexibility index (Phi) is 3.81. The lowest BCUT2D eigenvalue weighted by Gasteiger charge is -2.19. The molecular weight excluding hydrogens is 387 g/mol.